The largest absolute Gasteiger partial charge is 0.507 e. The molecule has 0 aliphatic carbocycles. The standard InChI is InChI=1S/C24H27NO6/c1-4-11-25-21(15-9-10-19(30-3)18(26)14-15)20(23(28)24(25)29)22(27)16-7-6-8-17(13-16)31-12-5-2/h6-10,13-14,21,26-27H,4-5,11-12H2,1-3H3/b22-20-. The van der Waals surface area contributed by atoms with Crippen molar-refractivity contribution >= 4 is 17.4 Å². The van der Waals surface area contributed by atoms with Crippen molar-refractivity contribution in [2.24, 2.45) is 0 Å². The van der Waals surface area contributed by atoms with Crippen LogP contribution in [0, 0.1) is 0 Å². The molecule has 0 saturated carbocycles. The molecule has 7 heteroatoms. The lowest BCUT2D eigenvalue weighted by Crippen LogP contribution is -2.30. The number of benzene rings is 2. The second-order valence-corrected chi connectivity index (χ2v) is 7.30. The van der Waals surface area contributed by atoms with E-state index in [9.17, 15) is 19.8 Å². The maximum atomic E-state index is 12.9. The second-order valence-electron chi connectivity index (χ2n) is 7.30. The maximum Gasteiger partial charge on any atom is 0.295 e. The normalized spacial score (nSPS) is 17.8. The van der Waals surface area contributed by atoms with E-state index in [-0.39, 0.29) is 22.8 Å². The summed E-state index contributed by atoms with van der Waals surface area (Å²) in [6.07, 6.45) is 1.46. The summed E-state index contributed by atoms with van der Waals surface area (Å²) >= 11 is 0. The van der Waals surface area contributed by atoms with Crippen LogP contribution in [0.5, 0.6) is 17.2 Å². The number of phenols is 1. The summed E-state index contributed by atoms with van der Waals surface area (Å²) in [7, 11) is 1.44. The first kappa shape index (κ1) is 22.2. The number of carbonyl (C=O) groups is 2. The fourth-order valence-electron chi connectivity index (χ4n) is 3.68. The first-order valence-electron chi connectivity index (χ1n) is 10.3. The lowest BCUT2D eigenvalue weighted by atomic mass is 9.95. The molecule has 1 aliphatic rings. The fourth-order valence-corrected chi connectivity index (χ4v) is 3.68. The smallest absolute Gasteiger partial charge is 0.295 e. The fraction of sp³-hybridized carbons (Fsp3) is 0.333. The van der Waals surface area contributed by atoms with E-state index < -0.39 is 17.7 Å². The van der Waals surface area contributed by atoms with E-state index in [4.69, 9.17) is 9.47 Å². The van der Waals surface area contributed by atoms with Crippen molar-refractivity contribution in [3.63, 3.8) is 0 Å². The molecule has 2 N–H and O–H groups in total. The Kier molecular flexibility index (Phi) is 6.84. The topological polar surface area (TPSA) is 96.3 Å². The van der Waals surface area contributed by atoms with Gasteiger partial charge < -0.3 is 24.6 Å². The molecule has 31 heavy (non-hydrogen) atoms. The van der Waals surface area contributed by atoms with Crippen LogP contribution in [0.2, 0.25) is 0 Å². The highest BCUT2D eigenvalue weighted by molar-refractivity contribution is 6.46. The van der Waals surface area contributed by atoms with E-state index in [1.165, 1.54) is 18.1 Å². The van der Waals surface area contributed by atoms with Gasteiger partial charge in [0.25, 0.3) is 11.7 Å². The Bertz CT molecular complexity index is 1010. The predicted octanol–water partition coefficient (Wildman–Crippen LogP) is 4.02. The highest BCUT2D eigenvalue weighted by Gasteiger charge is 2.45. The van der Waals surface area contributed by atoms with Gasteiger partial charge in [0.1, 0.15) is 11.5 Å². The number of carbonyl (C=O) groups excluding carboxylic acids is 2. The SMILES string of the molecule is CCCOc1cccc(/C(O)=C2/C(=O)C(=O)N(CCC)C2c2ccc(OC)c(O)c2)c1. The average Bonchev–Trinajstić information content (AvgIpc) is 3.02. The average molecular weight is 425 g/mol. The van der Waals surface area contributed by atoms with Gasteiger partial charge in [0.15, 0.2) is 11.5 Å². The number of Topliss-reactive ketones (excluding diaryl/α,β-unsaturated/α-hetero) is 1. The molecule has 0 aromatic heterocycles. The van der Waals surface area contributed by atoms with Crippen LogP contribution in [0.3, 0.4) is 0 Å². The molecular formula is C24H27NO6. The molecule has 1 heterocycles. The van der Waals surface area contributed by atoms with Crippen molar-refractivity contribution in [1.82, 2.24) is 4.90 Å². The molecule has 0 radical (unpaired) electrons. The second kappa shape index (κ2) is 9.55. The molecular weight excluding hydrogens is 398 g/mol. The highest BCUT2D eigenvalue weighted by atomic mass is 16.5. The maximum absolute atomic E-state index is 12.9. The minimum Gasteiger partial charge on any atom is -0.507 e. The minimum absolute atomic E-state index is 0.0179. The van der Waals surface area contributed by atoms with Crippen molar-refractivity contribution in [3.8, 4) is 17.2 Å². The van der Waals surface area contributed by atoms with Gasteiger partial charge in [-0.15, -0.1) is 0 Å². The summed E-state index contributed by atoms with van der Waals surface area (Å²) in [6.45, 7) is 4.74. The Morgan fingerprint density at radius 1 is 1.10 bits per heavy atom. The Hall–Kier alpha value is -3.48. The zero-order chi connectivity index (χ0) is 22.5. The van der Waals surface area contributed by atoms with Gasteiger partial charge in [-0.25, -0.2) is 0 Å². The third-order valence-electron chi connectivity index (χ3n) is 5.10. The molecule has 1 atom stereocenters. The van der Waals surface area contributed by atoms with Crippen LogP contribution in [0.4, 0.5) is 0 Å². The Labute approximate surface area is 181 Å². The summed E-state index contributed by atoms with van der Waals surface area (Å²) in [4.78, 5) is 27.1. The van der Waals surface area contributed by atoms with Gasteiger partial charge in [0.2, 0.25) is 0 Å². The van der Waals surface area contributed by atoms with Gasteiger partial charge in [-0.1, -0.05) is 32.0 Å². The molecule has 0 bridgehead atoms. The van der Waals surface area contributed by atoms with E-state index in [2.05, 4.69) is 0 Å². The summed E-state index contributed by atoms with van der Waals surface area (Å²) in [6, 6.07) is 10.6. The van der Waals surface area contributed by atoms with Crippen LogP contribution in [0.1, 0.15) is 43.9 Å². The van der Waals surface area contributed by atoms with Gasteiger partial charge in [-0.05, 0) is 42.7 Å². The molecule has 1 saturated heterocycles. The number of nitrogens with zero attached hydrogens (tertiary/aromatic N) is 1. The Morgan fingerprint density at radius 3 is 2.52 bits per heavy atom. The highest BCUT2D eigenvalue weighted by Crippen LogP contribution is 2.42. The van der Waals surface area contributed by atoms with Crippen LogP contribution in [0.25, 0.3) is 5.76 Å². The summed E-state index contributed by atoms with van der Waals surface area (Å²) < 4.78 is 10.7. The minimum atomic E-state index is -0.822. The number of rotatable bonds is 8. The number of phenolic OH excluding ortho intramolecular Hbond substituents is 1. The van der Waals surface area contributed by atoms with Crippen LogP contribution in [0.15, 0.2) is 48.0 Å². The van der Waals surface area contributed by atoms with Crippen LogP contribution in [-0.2, 0) is 9.59 Å². The van der Waals surface area contributed by atoms with E-state index in [0.29, 0.717) is 36.4 Å². The third kappa shape index (κ3) is 4.35. The van der Waals surface area contributed by atoms with Crippen molar-refractivity contribution < 1.29 is 29.3 Å². The summed E-state index contributed by atoms with van der Waals surface area (Å²) in [5.41, 5.74) is 0.868. The lowest BCUT2D eigenvalue weighted by molar-refractivity contribution is -0.139. The predicted molar refractivity (Wildman–Crippen MR) is 116 cm³/mol. The third-order valence-corrected chi connectivity index (χ3v) is 5.10. The molecule has 164 valence electrons. The number of likely N-dealkylation sites (tertiary alicyclic amines) is 1. The molecule has 3 rings (SSSR count). The zero-order valence-corrected chi connectivity index (χ0v) is 17.9. The van der Waals surface area contributed by atoms with Gasteiger partial charge in [0, 0.05) is 12.1 Å². The van der Waals surface area contributed by atoms with Crippen molar-refractivity contribution in [2.45, 2.75) is 32.7 Å². The van der Waals surface area contributed by atoms with E-state index >= 15 is 0 Å². The Morgan fingerprint density at radius 2 is 1.87 bits per heavy atom. The summed E-state index contributed by atoms with van der Waals surface area (Å²) in [5, 5.41) is 21.3. The van der Waals surface area contributed by atoms with Gasteiger partial charge >= 0.3 is 0 Å². The van der Waals surface area contributed by atoms with Crippen molar-refractivity contribution in [1.29, 1.82) is 0 Å². The lowest BCUT2D eigenvalue weighted by Gasteiger charge is -2.25. The molecule has 0 spiro atoms. The summed E-state index contributed by atoms with van der Waals surface area (Å²) in [5.74, 6) is -0.992. The number of hydrogen-bond donors (Lipinski definition) is 2. The van der Waals surface area contributed by atoms with Crippen molar-refractivity contribution in [2.75, 3.05) is 20.3 Å². The monoisotopic (exact) mass is 425 g/mol. The molecule has 1 fully saturated rings. The van der Waals surface area contributed by atoms with Gasteiger partial charge in [0.05, 0.1) is 25.3 Å². The molecule has 2 aromatic rings. The number of aromatic hydroxyl groups is 1. The molecule has 1 unspecified atom stereocenters. The quantitative estimate of drug-likeness (QED) is 0.377. The number of ketones is 1. The van der Waals surface area contributed by atoms with Crippen molar-refractivity contribution in [3.05, 3.63) is 59.2 Å². The van der Waals surface area contributed by atoms with E-state index in [0.717, 1.165) is 6.42 Å². The van der Waals surface area contributed by atoms with E-state index in [1.54, 1.807) is 36.4 Å². The number of hydrogen-bond acceptors (Lipinski definition) is 6. The number of aliphatic hydroxyl groups excluding tert-OH is 1. The number of amides is 1. The van der Waals surface area contributed by atoms with Gasteiger partial charge in [-0.2, -0.15) is 0 Å². The van der Waals surface area contributed by atoms with Crippen LogP contribution >= 0.6 is 0 Å². The van der Waals surface area contributed by atoms with E-state index in [1.807, 2.05) is 13.8 Å². The number of methoxy groups -OCH3 is 1. The first-order chi connectivity index (χ1) is 14.9. The molecule has 1 amide bonds. The molecule has 1 aliphatic heterocycles. The Balaban J connectivity index is 2.14. The zero-order valence-electron chi connectivity index (χ0n) is 17.9. The van der Waals surface area contributed by atoms with Crippen LogP contribution < -0.4 is 9.47 Å². The number of ether oxygens (including phenoxy) is 2. The molecule has 2 aromatic carbocycles. The van der Waals surface area contributed by atoms with Crippen LogP contribution in [-0.4, -0.2) is 47.1 Å². The number of aliphatic hydroxyl groups is 1. The van der Waals surface area contributed by atoms with Gasteiger partial charge in [-0.3, -0.25) is 9.59 Å². The molecule has 7 nitrogen and oxygen atoms in total. The first-order valence-corrected chi connectivity index (χ1v) is 10.3.